The molecule has 0 aromatic heterocycles. The Morgan fingerprint density at radius 3 is 2.11 bits per heavy atom. The highest BCUT2D eigenvalue weighted by Gasteiger charge is 2.29. The molecule has 3 heteroatoms. The van der Waals surface area contributed by atoms with E-state index in [1.165, 1.54) is 5.19 Å². The molecule has 0 fully saturated rings. The highest BCUT2D eigenvalue weighted by molar-refractivity contribution is 7.01. The van der Waals surface area contributed by atoms with Crippen LogP contribution >= 0.6 is 0 Å². The van der Waals surface area contributed by atoms with Gasteiger partial charge in [-0.2, -0.15) is 0 Å². The predicted molar refractivity (Wildman–Crippen MR) is 76.6 cm³/mol. The fraction of sp³-hybridized carbons (Fsp3) is 0.133. The monoisotopic (exact) mass is 256 g/mol. The molecule has 0 radical (unpaired) electrons. The van der Waals surface area contributed by atoms with Gasteiger partial charge in [0.1, 0.15) is 8.07 Å². The average Bonchev–Trinajstić information content (AvgIpc) is 2.39. The first-order valence-corrected chi connectivity index (χ1v) is 8.92. The lowest BCUT2D eigenvalue weighted by Crippen LogP contribution is -2.54. The van der Waals surface area contributed by atoms with Gasteiger partial charge in [-0.05, 0) is 11.3 Å². The number of benzene rings is 2. The van der Waals surface area contributed by atoms with E-state index in [9.17, 15) is 9.90 Å². The summed E-state index contributed by atoms with van der Waals surface area (Å²) in [4.78, 5) is 11.3. The van der Waals surface area contributed by atoms with Crippen molar-refractivity contribution in [1.82, 2.24) is 0 Å². The van der Waals surface area contributed by atoms with E-state index >= 15 is 0 Å². The zero-order valence-electron chi connectivity index (χ0n) is 10.6. The van der Waals surface area contributed by atoms with Gasteiger partial charge in [-0.25, -0.2) is 4.79 Å². The quantitative estimate of drug-likeness (QED) is 0.855. The summed E-state index contributed by atoms with van der Waals surface area (Å²) in [6, 6.07) is 17.5. The standard InChI is InChI=1S/C15H16O2Si/c1-18(2,12-8-4-3-5-9-12)14-11-7-6-10-13(14)15(16)17/h3-11H,1-2H3,(H,16,17). The molecule has 0 bridgehead atoms. The smallest absolute Gasteiger partial charge is 0.335 e. The zero-order valence-corrected chi connectivity index (χ0v) is 11.6. The fourth-order valence-corrected chi connectivity index (χ4v) is 4.94. The maximum Gasteiger partial charge on any atom is 0.335 e. The molecule has 92 valence electrons. The lowest BCUT2D eigenvalue weighted by Gasteiger charge is -2.25. The molecule has 0 aliphatic heterocycles. The Labute approximate surface area is 108 Å². The van der Waals surface area contributed by atoms with Crippen LogP contribution in [-0.2, 0) is 0 Å². The van der Waals surface area contributed by atoms with E-state index in [1.54, 1.807) is 12.1 Å². The third-order valence-electron chi connectivity index (χ3n) is 3.33. The van der Waals surface area contributed by atoms with E-state index in [4.69, 9.17) is 0 Å². The fourth-order valence-electron chi connectivity index (χ4n) is 2.22. The Hall–Kier alpha value is -1.87. The summed E-state index contributed by atoms with van der Waals surface area (Å²) in [5.41, 5.74) is 0.429. The summed E-state index contributed by atoms with van der Waals surface area (Å²) in [6.45, 7) is 4.37. The number of carboxylic acids is 1. The molecule has 0 saturated heterocycles. The van der Waals surface area contributed by atoms with Crippen LogP contribution in [0.15, 0.2) is 54.6 Å². The molecule has 2 aromatic rings. The van der Waals surface area contributed by atoms with Crippen LogP contribution in [0.1, 0.15) is 10.4 Å². The van der Waals surface area contributed by atoms with Gasteiger partial charge in [-0.3, -0.25) is 0 Å². The highest BCUT2D eigenvalue weighted by Crippen LogP contribution is 2.08. The number of rotatable bonds is 3. The normalized spacial score (nSPS) is 11.2. The van der Waals surface area contributed by atoms with E-state index in [2.05, 4.69) is 25.2 Å². The number of carbonyl (C=O) groups is 1. The lowest BCUT2D eigenvalue weighted by atomic mass is 10.2. The van der Waals surface area contributed by atoms with E-state index in [0.717, 1.165) is 5.19 Å². The van der Waals surface area contributed by atoms with Gasteiger partial charge in [0.2, 0.25) is 0 Å². The minimum absolute atomic E-state index is 0.429. The van der Waals surface area contributed by atoms with Crippen molar-refractivity contribution < 1.29 is 9.90 Å². The first kappa shape index (κ1) is 12.6. The van der Waals surface area contributed by atoms with Gasteiger partial charge in [-0.15, -0.1) is 0 Å². The molecule has 2 aromatic carbocycles. The van der Waals surface area contributed by atoms with Gasteiger partial charge in [0, 0.05) is 0 Å². The van der Waals surface area contributed by atoms with Crippen molar-refractivity contribution in [1.29, 1.82) is 0 Å². The summed E-state index contributed by atoms with van der Waals surface area (Å²) in [6.07, 6.45) is 0. The third-order valence-corrected chi connectivity index (χ3v) is 6.89. The molecule has 0 aliphatic carbocycles. The second-order valence-electron chi connectivity index (χ2n) is 4.84. The van der Waals surface area contributed by atoms with Gasteiger partial charge in [0.25, 0.3) is 0 Å². The largest absolute Gasteiger partial charge is 0.478 e. The van der Waals surface area contributed by atoms with Crippen molar-refractivity contribution in [3.8, 4) is 0 Å². The molecule has 0 saturated carbocycles. The van der Waals surface area contributed by atoms with Crippen LogP contribution < -0.4 is 10.4 Å². The molecule has 0 unspecified atom stereocenters. The maximum atomic E-state index is 11.3. The molecular weight excluding hydrogens is 240 g/mol. The molecule has 2 rings (SSSR count). The van der Waals surface area contributed by atoms with Crippen LogP contribution in [0.4, 0.5) is 0 Å². The zero-order chi connectivity index (χ0) is 13.2. The summed E-state index contributed by atoms with van der Waals surface area (Å²) >= 11 is 0. The van der Waals surface area contributed by atoms with Gasteiger partial charge in [0.05, 0.1) is 5.56 Å². The van der Waals surface area contributed by atoms with Crippen molar-refractivity contribution in [2.75, 3.05) is 0 Å². The predicted octanol–water partition coefficient (Wildman–Crippen LogP) is 2.21. The Bertz CT molecular complexity index is 562. The summed E-state index contributed by atoms with van der Waals surface area (Å²) < 4.78 is 0. The van der Waals surface area contributed by atoms with Crippen molar-refractivity contribution in [3.05, 3.63) is 60.2 Å². The lowest BCUT2D eigenvalue weighted by molar-refractivity contribution is 0.0698. The maximum absolute atomic E-state index is 11.3. The van der Waals surface area contributed by atoms with Crippen molar-refractivity contribution in [2.24, 2.45) is 0 Å². The first-order chi connectivity index (χ1) is 8.53. The van der Waals surface area contributed by atoms with E-state index in [1.807, 2.05) is 30.3 Å². The number of aromatic carboxylic acids is 1. The SMILES string of the molecule is C[Si](C)(c1ccccc1)c1ccccc1C(=O)O. The van der Waals surface area contributed by atoms with Crippen molar-refractivity contribution in [2.45, 2.75) is 13.1 Å². The molecule has 0 amide bonds. The van der Waals surface area contributed by atoms with Gasteiger partial charge < -0.3 is 5.11 Å². The van der Waals surface area contributed by atoms with Gasteiger partial charge in [-0.1, -0.05) is 66.8 Å². The topological polar surface area (TPSA) is 37.3 Å². The minimum Gasteiger partial charge on any atom is -0.478 e. The Morgan fingerprint density at radius 1 is 0.944 bits per heavy atom. The second-order valence-corrected chi connectivity index (χ2v) is 9.21. The highest BCUT2D eigenvalue weighted by atomic mass is 28.3. The molecule has 0 atom stereocenters. The average molecular weight is 256 g/mol. The summed E-state index contributed by atoms with van der Waals surface area (Å²) in [5, 5.41) is 11.5. The van der Waals surface area contributed by atoms with E-state index in [-0.39, 0.29) is 0 Å². The van der Waals surface area contributed by atoms with Crippen LogP contribution in [0.3, 0.4) is 0 Å². The molecule has 1 N–H and O–H groups in total. The Morgan fingerprint density at radius 2 is 1.50 bits per heavy atom. The second kappa shape index (κ2) is 4.78. The number of hydrogen-bond acceptors (Lipinski definition) is 1. The summed E-state index contributed by atoms with van der Waals surface area (Å²) in [7, 11) is -1.94. The Kier molecular flexibility index (Phi) is 3.34. The first-order valence-electron chi connectivity index (χ1n) is 5.92. The molecule has 0 heterocycles. The molecule has 0 aliphatic rings. The van der Waals surface area contributed by atoms with E-state index in [0.29, 0.717) is 5.56 Å². The molecule has 18 heavy (non-hydrogen) atoms. The molecule has 2 nitrogen and oxygen atoms in total. The van der Waals surface area contributed by atoms with Crippen molar-refractivity contribution >= 4 is 24.4 Å². The number of hydrogen-bond donors (Lipinski definition) is 1. The Balaban J connectivity index is 2.58. The van der Waals surface area contributed by atoms with Crippen molar-refractivity contribution in [3.63, 3.8) is 0 Å². The van der Waals surface area contributed by atoms with Crippen LogP contribution in [-0.4, -0.2) is 19.1 Å². The molecular formula is C15H16O2Si. The van der Waals surface area contributed by atoms with E-state index < -0.39 is 14.0 Å². The number of carboxylic acid groups (broad SMARTS) is 1. The van der Waals surface area contributed by atoms with Crippen LogP contribution in [0.2, 0.25) is 13.1 Å². The summed E-state index contributed by atoms with van der Waals surface area (Å²) in [5.74, 6) is -0.845. The third kappa shape index (κ3) is 2.22. The molecule has 0 spiro atoms. The van der Waals surface area contributed by atoms with Crippen LogP contribution in [0.5, 0.6) is 0 Å². The van der Waals surface area contributed by atoms with Crippen LogP contribution in [0, 0.1) is 0 Å². The van der Waals surface area contributed by atoms with Crippen LogP contribution in [0.25, 0.3) is 0 Å². The van der Waals surface area contributed by atoms with Gasteiger partial charge in [0.15, 0.2) is 0 Å². The minimum atomic E-state index is -1.94. The van der Waals surface area contributed by atoms with Gasteiger partial charge >= 0.3 is 5.97 Å².